The van der Waals surface area contributed by atoms with Crippen molar-refractivity contribution in [3.8, 4) is 6.07 Å². The fraction of sp³-hybridized carbons (Fsp3) is 0.440. The van der Waals surface area contributed by atoms with Crippen molar-refractivity contribution in [1.29, 1.82) is 5.26 Å². The molecule has 10 heteroatoms. The number of nitrogens with one attached hydrogen (secondary N) is 1. The van der Waals surface area contributed by atoms with E-state index in [0.29, 0.717) is 5.39 Å². The second-order valence-corrected chi connectivity index (χ2v) is 8.00. The maximum Gasteiger partial charge on any atom is 0.418 e. The molecule has 2 aromatic carbocycles. The van der Waals surface area contributed by atoms with Gasteiger partial charge in [-0.1, -0.05) is 18.2 Å². The van der Waals surface area contributed by atoms with E-state index in [1.807, 2.05) is 12.1 Å². The molecule has 0 bridgehead atoms. The highest BCUT2D eigenvalue weighted by Crippen LogP contribution is 2.38. The van der Waals surface area contributed by atoms with E-state index < -0.39 is 23.2 Å². The van der Waals surface area contributed by atoms with Gasteiger partial charge in [-0.3, -0.25) is 4.79 Å². The minimum atomic E-state index is -4.91. The molecule has 0 atom stereocenters. The molecular weight excluding hydrogens is 463 g/mol. The Kier molecular flexibility index (Phi) is 9.48. The predicted molar refractivity (Wildman–Crippen MR) is 126 cm³/mol. The number of aliphatic hydroxyl groups is 1. The van der Waals surface area contributed by atoms with E-state index in [9.17, 15) is 23.2 Å². The first-order chi connectivity index (χ1) is 16.8. The third-order valence-corrected chi connectivity index (χ3v) is 5.60. The number of carbonyl (C=O) groups excluding carboxylic acids is 1. The monoisotopic (exact) mass is 491 g/mol. The van der Waals surface area contributed by atoms with E-state index in [0.717, 1.165) is 37.0 Å². The molecule has 1 aliphatic heterocycles. The summed E-state index contributed by atoms with van der Waals surface area (Å²) in [6.07, 6.45) is -2.69. The second-order valence-electron chi connectivity index (χ2n) is 8.00. The Morgan fingerprint density at radius 3 is 2.34 bits per heavy atom. The minimum absolute atomic E-state index is 0.0314. The lowest BCUT2D eigenvalue weighted by molar-refractivity contribution is -0.117. The molecule has 1 aliphatic rings. The van der Waals surface area contributed by atoms with Gasteiger partial charge in [-0.25, -0.2) is 0 Å². The van der Waals surface area contributed by atoms with Gasteiger partial charge in [0.2, 0.25) is 0 Å². The smallest absolute Gasteiger partial charge is 0.394 e. The number of benzene rings is 2. The zero-order chi connectivity index (χ0) is 25.3. The molecular formula is C25H28F3N3O4. The number of anilines is 1. The third kappa shape index (κ3) is 7.18. The number of alkyl halides is 3. The van der Waals surface area contributed by atoms with Gasteiger partial charge >= 0.3 is 6.18 Å². The predicted octanol–water partition coefficient (Wildman–Crippen LogP) is 3.42. The lowest BCUT2D eigenvalue weighted by Crippen LogP contribution is -2.30. The number of amides is 1. The van der Waals surface area contributed by atoms with Crippen LogP contribution in [0.2, 0.25) is 0 Å². The molecule has 3 rings (SSSR count). The van der Waals surface area contributed by atoms with Gasteiger partial charge in [-0.15, -0.1) is 0 Å². The highest BCUT2D eigenvalue weighted by Gasteiger charge is 2.39. The van der Waals surface area contributed by atoms with Crippen LogP contribution in [0.3, 0.4) is 0 Å². The first-order valence-electron chi connectivity index (χ1n) is 11.4. The van der Waals surface area contributed by atoms with Crippen LogP contribution in [0.25, 0.3) is 16.3 Å². The number of nitrogens with zero attached hydrogens (tertiary/aromatic N) is 2. The van der Waals surface area contributed by atoms with Gasteiger partial charge in [0.05, 0.1) is 38.6 Å². The van der Waals surface area contributed by atoms with Crippen LogP contribution < -0.4 is 10.2 Å². The Bertz CT molecular complexity index is 1090. The number of aliphatic hydroxyl groups excluding tert-OH is 1. The second kappa shape index (κ2) is 12.5. The zero-order valence-electron chi connectivity index (χ0n) is 19.2. The van der Waals surface area contributed by atoms with E-state index >= 15 is 0 Å². The van der Waals surface area contributed by atoms with Crippen molar-refractivity contribution in [3.63, 3.8) is 0 Å². The summed E-state index contributed by atoms with van der Waals surface area (Å²) in [4.78, 5) is 14.7. The highest BCUT2D eigenvalue weighted by molar-refractivity contribution is 6.06. The van der Waals surface area contributed by atoms with Crippen LogP contribution >= 0.6 is 0 Å². The molecule has 1 heterocycles. The SMILES string of the molecule is N#CC(C(=O)NCCOCCOCCO)=C(c1ccc2cc(N3CCCC3)ccc2c1)C(F)(F)F. The normalized spacial score (nSPS) is 14.7. The molecule has 0 unspecified atom stereocenters. The van der Waals surface area contributed by atoms with E-state index in [-0.39, 0.29) is 45.1 Å². The molecule has 35 heavy (non-hydrogen) atoms. The molecule has 0 spiro atoms. The molecule has 0 radical (unpaired) electrons. The van der Waals surface area contributed by atoms with Crippen molar-refractivity contribution in [2.75, 3.05) is 57.6 Å². The number of hydrogen-bond acceptors (Lipinski definition) is 6. The number of nitriles is 1. The maximum atomic E-state index is 14.0. The van der Waals surface area contributed by atoms with Crippen molar-refractivity contribution in [3.05, 3.63) is 47.5 Å². The Labute approximate surface area is 201 Å². The van der Waals surface area contributed by atoms with E-state index in [4.69, 9.17) is 14.6 Å². The first-order valence-corrected chi connectivity index (χ1v) is 11.4. The van der Waals surface area contributed by atoms with Crippen molar-refractivity contribution in [2.45, 2.75) is 19.0 Å². The highest BCUT2D eigenvalue weighted by atomic mass is 19.4. The van der Waals surface area contributed by atoms with Crippen LogP contribution in [0.1, 0.15) is 18.4 Å². The number of allylic oxidation sites excluding steroid dienone is 1. The minimum Gasteiger partial charge on any atom is -0.394 e. The number of ether oxygens (including phenoxy) is 2. The van der Waals surface area contributed by atoms with Crippen molar-refractivity contribution in [2.24, 2.45) is 0 Å². The average Bonchev–Trinajstić information content (AvgIpc) is 3.37. The average molecular weight is 492 g/mol. The van der Waals surface area contributed by atoms with E-state index in [1.165, 1.54) is 18.2 Å². The summed E-state index contributed by atoms with van der Waals surface area (Å²) in [6.45, 7) is 2.35. The third-order valence-electron chi connectivity index (χ3n) is 5.60. The number of fused-ring (bicyclic) bond motifs is 1. The van der Waals surface area contributed by atoms with Gasteiger partial charge in [-0.2, -0.15) is 18.4 Å². The number of carbonyl (C=O) groups is 1. The van der Waals surface area contributed by atoms with Crippen molar-refractivity contribution in [1.82, 2.24) is 5.32 Å². The van der Waals surface area contributed by atoms with Gasteiger partial charge in [-0.05, 0) is 47.4 Å². The van der Waals surface area contributed by atoms with Crippen LogP contribution in [0.5, 0.6) is 0 Å². The zero-order valence-corrected chi connectivity index (χ0v) is 19.2. The van der Waals surface area contributed by atoms with Gasteiger partial charge in [0.25, 0.3) is 5.91 Å². The summed E-state index contributed by atoms with van der Waals surface area (Å²) in [6, 6.07) is 11.2. The van der Waals surface area contributed by atoms with Gasteiger partial charge in [0, 0.05) is 25.3 Å². The molecule has 188 valence electrons. The molecule has 7 nitrogen and oxygen atoms in total. The number of hydrogen-bond donors (Lipinski definition) is 2. The number of halogens is 3. The van der Waals surface area contributed by atoms with Crippen LogP contribution in [0.15, 0.2) is 42.0 Å². The first kappa shape index (κ1) is 26.5. The lowest BCUT2D eigenvalue weighted by Gasteiger charge is -2.19. The maximum absolute atomic E-state index is 14.0. The molecule has 0 aromatic heterocycles. The summed E-state index contributed by atoms with van der Waals surface area (Å²) in [5.41, 5.74) is -1.50. The van der Waals surface area contributed by atoms with Crippen LogP contribution in [0, 0.1) is 11.3 Å². The summed E-state index contributed by atoms with van der Waals surface area (Å²) >= 11 is 0. The molecule has 0 aliphatic carbocycles. The quantitative estimate of drug-likeness (QED) is 0.284. The van der Waals surface area contributed by atoms with Gasteiger partial charge in [0.15, 0.2) is 0 Å². The van der Waals surface area contributed by atoms with E-state index in [1.54, 1.807) is 12.1 Å². The molecule has 0 saturated carbocycles. The van der Waals surface area contributed by atoms with Crippen LogP contribution in [-0.4, -0.2) is 69.9 Å². The molecule has 1 amide bonds. The summed E-state index contributed by atoms with van der Waals surface area (Å²) in [7, 11) is 0. The Morgan fingerprint density at radius 1 is 1.03 bits per heavy atom. The van der Waals surface area contributed by atoms with E-state index in [2.05, 4.69) is 10.2 Å². The largest absolute Gasteiger partial charge is 0.418 e. The molecule has 2 aromatic rings. The lowest BCUT2D eigenvalue weighted by atomic mass is 9.96. The number of rotatable bonds is 11. The Hall–Kier alpha value is -3.13. The van der Waals surface area contributed by atoms with Crippen molar-refractivity contribution < 1.29 is 32.5 Å². The fourth-order valence-corrected chi connectivity index (χ4v) is 3.94. The van der Waals surface area contributed by atoms with Crippen LogP contribution in [-0.2, 0) is 14.3 Å². The molecule has 2 N–H and O–H groups in total. The molecule has 1 fully saturated rings. The Morgan fingerprint density at radius 2 is 1.69 bits per heavy atom. The summed E-state index contributed by atoms with van der Waals surface area (Å²) < 4.78 is 52.2. The summed E-state index contributed by atoms with van der Waals surface area (Å²) in [5, 5.41) is 21.7. The summed E-state index contributed by atoms with van der Waals surface area (Å²) in [5.74, 6) is -1.12. The topological polar surface area (TPSA) is 94.8 Å². The Balaban J connectivity index is 1.76. The van der Waals surface area contributed by atoms with Crippen molar-refractivity contribution >= 4 is 27.9 Å². The van der Waals surface area contributed by atoms with Gasteiger partial charge in [0.1, 0.15) is 11.6 Å². The molecule has 1 saturated heterocycles. The fourth-order valence-electron chi connectivity index (χ4n) is 3.94. The van der Waals surface area contributed by atoms with Gasteiger partial charge < -0.3 is 24.8 Å². The van der Waals surface area contributed by atoms with Crippen LogP contribution in [0.4, 0.5) is 18.9 Å². The standard InChI is InChI=1S/C25H28F3N3O4/c26-25(27,28)23(22(17-29)24(33)30-7-11-34-13-14-35-12-10-32)20-4-3-19-16-21(6-5-18(19)15-20)31-8-1-2-9-31/h3-6,15-16,32H,1-2,7-14H2,(H,30,33).